The van der Waals surface area contributed by atoms with Crippen LogP contribution < -0.4 is 0 Å². The fourth-order valence-corrected chi connectivity index (χ4v) is 5.55. The van der Waals surface area contributed by atoms with E-state index in [1.807, 2.05) is 0 Å². The molecule has 2 radical (unpaired) electrons. The van der Waals surface area contributed by atoms with Crippen molar-refractivity contribution < 1.29 is 3.07 Å². The molecule has 114 valence electrons. The van der Waals surface area contributed by atoms with E-state index in [0.29, 0.717) is 0 Å². The van der Waals surface area contributed by atoms with Gasteiger partial charge in [-0.05, 0) is 0 Å². The van der Waals surface area contributed by atoms with Crippen molar-refractivity contribution >= 4 is 21.6 Å². The zero-order valence-electron chi connectivity index (χ0n) is 13.7. The molecule has 0 N–H and O–H groups in total. The Morgan fingerprint density at radius 3 is 1.79 bits per heavy atom. The minimum atomic E-state index is -0.543. The van der Waals surface area contributed by atoms with Crippen molar-refractivity contribution in [1.29, 1.82) is 0 Å². The van der Waals surface area contributed by atoms with Gasteiger partial charge in [-0.15, -0.1) is 0 Å². The van der Waals surface area contributed by atoms with Crippen LogP contribution in [0.25, 0.3) is 0 Å². The minimum absolute atomic E-state index is 0.543. The van der Waals surface area contributed by atoms with E-state index in [1.54, 1.807) is 0 Å². The summed E-state index contributed by atoms with van der Waals surface area (Å²) in [6.45, 7) is 7.95. The molecule has 0 saturated heterocycles. The van der Waals surface area contributed by atoms with E-state index < -0.39 is 21.6 Å². The van der Waals surface area contributed by atoms with Gasteiger partial charge < -0.3 is 0 Å². The Morgan fingerprint density at radius 1 is 0.684 bits per heavy atom. The van der Waals surface area contributed by atoms with Crippen molar-refractivity contribution in [2.24, 2.45) is 0 Å². The molecule has 0 heterocycles. The van der Waals surface area contributed by atoms with Gasteiger partial charge in [0.05, 0.1) is 0 Å². The van der Waals surface area contributed by atoms with Crippen LogP contribution in [0.2, 0.25) is 3.93 Å². The van der Waals surface area contributed by atoms with E-state index >= 15 is 0 Å². The summed E-state index contributed by atoms with van der Waals surface area (Å²) >= 11 is -0.543. The summed E-state index contributed by atoms with van der Waals surface area (Å²) in [5.74, 6) is 0. The summed E-state index contributed by atoms with van der Waals surface area (Å²) in [7, 11) is 0. The molecular formula is C17H36OSn. The van der Waals surface area contributed by atoms with E-state index in [2.05, 4.69) is 20.8 Å². The van der Waals surface area contributed by atoms with Crippen LogP contribution in [0.15, 0.2) is 0 Å². The second-order valence-corrected chi connectivity index (χ2v) is 9.54. The summed E-state index contributed by atoms with van der Waals surface area (Å²) in [5, 5.41) is 0. The maximum atomic E-state index is 6.07. The number of hydrogen-bond donors (Lipinski definition) is 0. The molecule has 0 amide bonds. The Bertz CT molecular complexity index is 153. The third kappa shape index (κ3) is 15.0. The molecule has 2 heteroatoms. The molecule has 0 aromatic carbocycles. The van der Waals surface area contributed by atoms with Crippen molar-refractivity contribution in [3.8, 4) is 0 Å². The van der Waals surface area contributed by atoms with Crippen LogP contribution in [0.1, 0.15) is 97.8 Å². The summed E-state index contributed by atoms with van der Waals surface area (Å²) in [4.78, 5) is 0. The molecule has 0 aliphatic rings. The van der Waals surface area contributed by atoms with Crippen LogP contribution in [0.4, 0.5) is 0 Å². The Morgan fingerprint density at radius 2 is 1.21 bits per heavy atom. The van der Waals surface area contributed by atoms with E-state index in [0.717, 1.165) is 10.5 Å². The third-order valence-electron chi connectivity index (χ3n) is 3.66. The molecule has 0 spiro atoms. The first-order valence-electron chi connectivity index (χ1n) is 8.72. The molecule has 0 fully saturated rings. The molecule has 1 nitrogen and oxygen atoms in total. The topological polar surface area (TPSA) is 9.23 Å². The van der Waals surface area contributed by atoms with Gasteiger partial charge in [-0.1, -0.05) is 0 Å². The van der Waals surface area contributed by atoms with Crippen LogP contribution >= 0.6 is 0 Å². The predicted molar refractivity (Wildman–Crippen MR) is 87.9 cm³/mol. The molecule has 0 atom stereocenters. The normalized spacial score (nSPS) is 11.4. The number of rotatable bonds is 15. The molecule has 0 aliphatic carbocycles. The van der Waals surface area contributed by atoms with Gasteiger partial charge in [0.1, 0.15) is 0 Å². The van der Waals surface area contributed by atoms with Crippen LogP contribution in [-0.4, -0.2) is 28.2 Å². The number of unbranched alkanes of at least 4 members (excludes halogenated alkanes) is 7. The SMILES string of the molecule is CCCCCCCC[O][Sn][CH](CCCC)CCCC. The first-order valence-corrected chi connectivity index (χ1v) is 11.5. The Hall–Kier alpha value is 0.759. The summed E-state index contributed by atoms with van der Waals surface area (Å²) in [6.07, 6.45) is 16.7. The third-order valence-corrected chi connectivity index (χ3v) is 7.32. The second kappa shape index (κ2) is 16.8. The molecule has 0 saturated carbocycles. The Labute approximate surface area is 133 Å². The summed E-state index contributed by atoms with van der Waals surface area (Å²) in [5.41, 5.74) is 0. The second-order valence-electron chi connectivity index (χ2n) is 5.72. The van der Waals surface area contributed by atoms with Crippen molar-refractivity contribution in [1.82, 2.24) is 0 Å². The van der Waals surface area contributed by atoms with Crippen LogP contribution in [0.3, 0.4) is 0 Å². The van der Waals surface area contributed by atoms with Gasteiger partial charge in [0.25, 0.3) is 0 Å². The molecular weight excluding hydrogens is 339 g/mol. The van der Waals surface area contributed by atoms with E-state index in [4.69, 9.17) is 3.07 Å². The molecule has 0 rings (SSSR count). The van der Waals surface area contributed by atoms with Gasteiger partial charge in [0.2, 0.25) is 0 Å². The first kappa shape index (κ1) is 19.8. The van der Waals surface area contributed by atoms with Crippen molar-refractivity contribution in [3.63, 3.8) is 0 Å². The van der Waals surface area contributed by atoms with Gasteiger partial charge in [-0.25, -0.2) is 0 Å². The molecule has 0 aromatic rings. The summed E-state index contributed by atoms with van der Waals surface area (Å²) < 4.78 is 7.06. The fourth-order valence-electron chi connectivity index (χ4n) is 2.29. The Kier molecular flexibility index (Phi) is 17.5. The molecule has 0 bridgehead atoms. The number of hydrogen-bond acceptors (Lipinski definition) is 1. The van der Waals surface area contributed by atoms with Crippen LogP contribution in [0, 0.1) is 0 Å². The Balaban J connectivity index is 3.40. The zero-order chi connectivity index (χ0) is 14.2. The molecule has 0 aliphatic heterocycles. The summed E-state index contributed by atoms with van der Waals surface area (Å²) in [6, 6.07) is 0. The first-order chi connectivity index (χ1) is 9.35. The molecule has 19 heavy (non-hydrogen) atoms. The molecule has 0 unspecified atom stereocenters. The van der Waals surface area contributed by atoms with E-state index in [-0.39, 0.29) is 0 Å². The van der Waals surface area contributed by atoms with E-state index in [1.165, 1.54) is 77.0 Å². The molecule has 0 aromatic heterocycles. The fraction of sp³-hybridized carbons (Fsp3) is 1.00. The quantitative estimate of drug-likeness (QED) is 0.246. The van der Waals surface area contributed by atoms with E-state index in [9.17, 15) is 0 Å². The van der Waals surface area contributed by atoms with Crippen LogP contribution in [0.5, 0.6) is 0 Å². The average Bonchev–Trinajstić information content (AvgIpc) is 2.43. The average molecular weight is 375 g/mol. The predicted octanol–water partition coefficient (Wildman–Crippen LogP) is 6.15. The van der Waals surface area contributed by atoms with Gasteiger partial charge in [-0.3, -0.25) is 0 Å². The van der Waals surface area contributed by atoms with Crippen molar-refractivity contribution in [2.75, 3.05) is 6.61 Å². The van der Waals surface area contributed by atoms with Gasteiger partial charge in [-0.2, -0.15) is 0 Å². The standard InChI is InChI=1S/C9H19.C8H17O.Sn/c1-3-5-7-9-8-6-4-2;1-2-3-4-5-6-7-8-9;/h9H,3-8H2,1-2H3;2-8H2,1H3;/q;-1;+1. The zero-order valence-corrected chi connectivity index (χ0v) is 16.5. The van der Waals surface area contributed by atoms with Gasteiger partial charge in [0.15, 0.2) is 0 Å². The van der Waals surface area contributed by atoms with Crippen molar-refractivity contribution in [3.05, 3.63) is 0 Å². The van der Waals surface area contributed by atoms with Crippen molar-refractivity contribution in [2.45, 2.75) is 102 Å². The van der Waals surface area contributed by atoms with Gasteiger partial charge >= 0.3 is 133 Å². The van der Waals surface area contributed by atoms with Crippen LogP contribution in [-0.2, 0) is 3.07 Å². The monoisotopic (exact) mass is 376 g/mol. The van der Waals surface area contributed by atoms with Gasteiger partial charge in [0, 0.05) is 0 Å². The maximum absolute atomic E-state index is 6.07.